The number of methoxy groups -OCH3 is 1. The Hall–Kier alpha value is -1.35. The van der Waals surface area contributed by atoms with Gasteiger partial charge in [0.15, 0.2) is 0 Å². The summed E-state index contributed by atoms with van der Waals surface area (Å²) >= 11 is 0. The van der Waals surface area contributed by atoms with E-state index in [9.17, 15) is 4.79 Å². The SMILES string of the molecule is COCc1cccc(C(=O)NCCC2CCCCC2)c1. The van der Waals surface area contributed by atoms with E-state index in [1.807, 2.05) is 24.3 Å². The molecule has 0 aliphatic heterocycles. The predicted molar refractivity (Wildman–Crippen MR) is 80.7 cm³/mol. The molecule has 1 saturated carbocycles. The van der Waals surface area contributed by atoms with Crippen molar-refractivity contribution in [1.82, 2.24) is 5.32 Å². The topological polar surface area (TPSA) is 38.3 Å². The van der Waals surface area contributed by atoms with Crippen molar-refractivity contribution in [2.45, 2.75) is 45.1 Å². The molecule has 0 radical (unpaired) electrons. The number of nitrogens with one attached hydrogen (secondary N) is 1. The lowest BCUT2D eigenvalue weighted by Gasteiger charge is -2.21. The van der Waals surface area contributed by atoms with Gasteiger partial charge in [0.1, 0.15) is 0 Å². The molecule has 3 nitrogen and oxygen atoms in total. The maximum absolute atomic E-state index is 12.1. The Morgan fingerprint density at radius 3 is 2.85 bits per heavy atom. The van der Waals surface area contributed by atoms with Crippen molar-refractivity contribution < 1.29 is 9.53 Å². The Kier molecular flexibility index (Phi) is 6.06. The highest BCUT2D eigenvalue weighted by Gasteiger charge is 2.13. The third-order valence-electron chi connectivity index (χ3n) is 4.06. The van der Waals surface area contributed by atoms with Gasteiger partial charge in [-0.05, 0) is 30.0 Å². The zero-order chi connectivity index (χ0) is 14.2. The normalized spacial score (nSPS) is 16.1. The summed E-state index contributed by atoms with van der Waals surface area (Å²) < 4.78 is 5.09. The molecule has 0 saturated heterocycles. The van der Waals surface area contributed by atoms with Gasteiger partial charge in [0.05, 0.1) is 6.61 Å². The highest BCUT2D eigenvalue weighted by molar-refractivity contribution is 5.94. The first-order chi connectivity index (χ1) is 9.79. The van der Waals surface area contributed by atoms with Gasteiger partial charge in [0.2, 0.25) is 0 Å². The number of carbonyl (C=O) groups is 1. The van der Waals surface area contributed by atoms with E-state index in [0.717, 1.165) is 30.0 Å². The number of hydrogen-bond acceptors (Lipinski definition) is 2. The minimum Gasteiger partial charge on any atom is -0.380 e. The Morgan fingerprint density at radius 1 is 1.30 bits per heavy atom. The van der Waals surface area contributed by atoms with Crippen LogP contribution in [0.1, 0.15) is 54.4 Å². The van der Waals surface area contributed by atoms with Crippen molar-refractivity contribution in [2.75, 3.05) is 13.7 Å². The predicted octanol–water partition coefficient (Wildman–Crippen LogP) is 3.53. The molecule has 1 aliphatic rings. The molecule has 1 N–H and O–H groups in total. The second-order valence-corrected chi connectivity index (χ2v) is 5.68. The number of rotatable bonds is 6. The van der Waals surface area contributed by atoms with Crippen LogP contribution in [0.4, 0.5) is 0 Å². The first-order valence-electron chi connectivity index (χ1n) is 7.65. The van der Waals surface area contributed by atoms with Gasteiger partial charge in [-0.1, -0.05) is 44.2 Å². The number of hydrogen-bond donors (Lipinski definition) is 1. The van der Waals surface area contributed by atoms with Crippen molar-refractivity contribution in [1.29, 1.82) is 0 Å². The quantitative estimate of drug-likeness (QED) is 0.862. The van der Waals surface area contributed by atoms with Crippen LogP contribution in [0, 0.1) is 5.92 Å². The summed E-state index contributed by atoms with van der Waals surface area (Å²) in [5.74, 6) is 0.836. The number of benzene rings is 1. The zero-order valence-electron chi connectivity index (χ0n) is 12.4. The molecule has 3 heteroatoms. The molecule has 20 heavy (non-hydrogen) atoms. The van der Waals surface area contributed by atoms with Crippen molar-refractivity contribution >= 4 is 5.91 Å². The largest absolute Gasteiger partial charge is 0.380 e. The van der Waals surface area contributed by atoms with E-state index in [2.05, 4.69) is 5.32 Å². The Labute approximate surface area is 121 Å². The van der Waals surface area contributed by atoms with Gasteiger partial charge in [0, 0.05) is 19.2 Å². The van der Waals surface area contributed by atoms with E-state index in [0.29, 0.717) is 6.61 Å². The zero-order valence-corrected chi connectivity index (χ0v) is 12.4. The fourth-order valence-electron chi connectivity index (χ4n) is 2.94. The van der Waals surface area contributed by atoms with Gasteiger partial charge in [-0.15, -0.1) is 0 Å². The third-order valence-corrected chi connectivity index (χ3v) is 4.06. The van der Waals surface area contributed by atoms with Gasteiger partial charge in [-0.25, -0.2) is 0 Å². The van der Waals surface area contributed by atoms with Crippen LogP contribution < -0.4 is 5.32 Å². The van der Waals surface area contributed by atoms with Crippen LogP contribution in [-0.2, 0) is 11.3 Å². The van der Waals surface area contributed by atoms with Crippen LogP contribution in [0.15, 0.2) is 24.3 Å². The standard InChI is InChI=1S/C17H25NO2/c1-20-13-15-8-5-9-16(12-15)17(19)18-11-10-14-6-3-2-4-7-14/h5,8-9,12,14H,2-4,6-7,10-11,13H2,1H3,(H,18,19). The lowest BCUT2D eigenvalue weighted by molar-refractivity contribution is 0.0950. The van der Waals surface area contributed by atoms with Crippen LogP contribution in [0.3, 0.4) is 0 Å². The lowest BCUT2D eigenvalue weighted by Crippen LogP contribution is -2.26. The minimum atomic E-state index is 0.0266. The van der Waals surface area contributed by atoms with Crippen molar-refractivity contribution in [2.24, 2.45) is 5.92 Å². The smallest absolute Gasteiger partial charge is 0.251 e. The van der Waals surface area contributed by atoms with Gasteiger partial charge < -0.3 is 10.1 Å². The third kappa shape index (κ3) is 4.64. The molecule has 1 aromatic carbocycles. The van der Waals surface area contributed by atoms with Crippen LogP contribution in [0.5, 0.6) is 0 Å². The molecule has 2 rings (SSSR count). The van der Waals surface area contributed by atoms with E-state index in [1.54, 1.807) is 7.11 Å². The molecule has 1 fully saturated rings. The molecule has 0 bridgehead atoms. The van der Waals surface area contributed by atoms with Crippen LogP contribution in [0.25, 0.3) is 0 Å². The fourth-order valence-corrected chi connectivity index (χ4v) is 2.94. The first-order valence-corrected chi connectivity index (χ1v) is 7.65. The summed E-state index contributed by atoms with van der Waals surface area (Å²) in [7, 11) is 1.66. The maximum Gasteiger partial charge on any atom is 0.251 e. The van der Waals surface area contributed by atoms with E-state index in [-0.39, 0.29) is 5.91 Å². The van der Waals surface area contributed by atoms with Crippen LogP contribution >= 0.6 is 0 Å². The molecule has 1 amide bonds. The van der Waals surface area contributed by atoms with E-state index >= 15 is 0 Å². The molecule has 1 aliphatic carbocycles. The van der Waals surface area contributed by atoms with Gasteiger partial charge in [0.25, 0.3) is 5.91 Å². The molecular weight excluding hydrogens is 250 g/mol. The second kappa shape index (κ2) is 8.05. The van der Waals surface area contributed by atoms with Crippen LogP contribution in [0.2, 0.25) is 0 Å². The van der Waals surface area contributed by atoms with E-state index < -0.39 is 0 Å². The van der Waals surface area contributed by atoms with Crippen LogP contribution in [-0.4, -0.2) is 19.6 Å². The van der Waals surface area contributed by atoms with Crippen molar-refractivity contribution in [3.63, 3.8) is 0 Å². The molecule has 0 spiro atoms. The monoisotopic (exact) mass is 275 g/mol. The van der Waals surface area contributed by atoms with Gasteiger partial charge in [-0.2, -0.15) is 0 Å². The average Bonchev–Trinajstić information content (AvgIpc) is 2.49. The molecule has 0 aromatic heterocycles. The Balaban J connectivity index is 1.77. The highest BCUT2D eigenvalue weighted by Crippen LogP contribution is 2.25. The Bertz CT molecular complexity index is 425. The molecule has 0 heterocycles. The molecule has 0 atom stereocenters. The minimum absolute atomic E-state index is 0.0266. The summed E-state index contributed by atoms with van der Waals surface area (Å²) in [4.78, 5) is 12.1. The molecule has 1 aromatic rings. The van der Waals surface area contributed by atoms with Gasteiger partial charge in [-0.3, -0.25) is 4.79 Å². The maximum atomic E-state index is 12.1. The average molecular weight is 275 g/mol. The van der Waals surface area contributed by atoms with E-state index in [1.165, 1.54) is 32.1 Å². The van der Waals surface area contributed by atoms with Crippen molar-refractivity contribution in [3.05, 3.63) is 35.4 Å². The fraction of sp³-hybridized carbons (Fsp3) is 0.588. The highest BCUT2D eigenvalue weighted by atomic mass is 16.5. The number of ether oxygens (including phenoxy) is 1. The van der Waals surface area contributed by atoms with Gasteiger partial charge >= 0.3 is 0 Å². The summed E-state index contributed by atoms with van der Waals surface area (Å²) in [5, 5.41) is 3.04. The van der Waals surface area contributed by atoms with Crippen molar-refractivity contribution in [3.8, 4) is 0 Å². The summed E-state index contributed by atoms with van der Waals surface area (Å²) in [5.41, 5.74) is 1.76. The number of carbonyl (C=O) groups excluding carboxylic acids is 1. The second-order valence-electron chi connectivity index (χ2n) is 5.68. The molecular formula is C17H25NO2. The summed E-state index contributed by atoms with van der Waals surface area (Å²) in [6.45, 7) is 1.33. The summed E-state index contributed by atoms with van der Waals surface area (Å²) in [6.07, 6.45) is 7.88. The molecule has 0 unspecified atom stereocenters. The first kappa shape index (κ1) is 15.0. The number of amides is 1. The Morgan fingerprint density at radius 2 is 2.10 bits per heavy atom. The summed E-state index contributed by atoms with van der Waals surface area (Å²) in [6, 6.07) is 7.64. The molecule has 110 valence electrons. The lowest BCUT2D eigenvalue weighted by atomic mass is 9.87. The van der Waals surface area contributed by atoms with E-state index in [4.69, 9.17) is 4.74 Å².